The summed E-state index contributed by atoms with van der Waals surface area (Å²) in [6, 6.07) is 10.4. The lowest BCUT2D eigenvalue weighted by Crippen LogP contribution is -2.56. The molecule has 1 aliphatic rings. The summed E-state index contributed by atoms with van der Waals surface area (Å²) in [5.41, 5.74) is 1.48. The molecule has 0 aromatic carbocycles. The molecule has 0 N–H and O–H groups in total. The van der Waals surface area contributed by atoms with Crippen LogP contribution in [0.25, 0.3) is 11.3 Å². The Bertz CT molecular complexity index is 974. The van der Waals surface area contributed by atoms with Crippen LogP contribution in [0.1, 0.15) is 16.1 Å². The van der Waals surface area contributed by atoms with Gasteiger partial charge >= 0.3 is 0 Å². The number of rotatable bonds is 4. The zero-order chi connectivity index (χ0) is 17.9. The third kappa shape index (κ3) is 3.10. The van der Waals surface area contributed by atoms with Gasteiger partial charge in [-0.05, 0) is 18.2 Å². The van der Waals surface area contributed by atoms with Crippen molar-refractivity contribution in [1.82, 2.24) is 20.0 Å². The molecule has 4 rings (SSSR count). The van der Waals surface area contributed by atoms with Crippen LogP contribution in [0.4, 0.5) is 0 Å². The Morgan fingerprint density at radius 2 is 2.19 bits per heavy atom. The van der Waals surface area contributed by atoms with Crippen LogP contribution in [0.5, 0.6) is 5.88 Å². The minimum Gasteiger partial charge on any atom is -0.471 e. The summed E-state index contributed by atoms with van der Waals surface area (Å²) in [6.07, 6.45) is 4.66. The molecule has 1 saturated heterocycles. The van der Waals surface area contributed by atoms with Crippen molar-refractivity contribution in [3.8, 4) is 23.3 Å². The van der Waals surface area contributed by atoms with Crippen LogP contribution in [-0.4, -0.2) is 45.1 Å². The maximum Gasteiger partial charge on any atom is 0.276 e. The number of nitrogens with zero attached hydrogens (tertiary/aromatic N) is 5. The number of hydrogen-bond donors (Lipinski definition) is 0. The first kappa shape index (κ1) is 15.8. The molecule has 1 amide bonds. The third-order valence-electron chi connectivity index (χ3n) is 3.96. The molecule has 3 aromatic heterocycles. The molecule has 0 atom stereocenters. The van der Waals surface area contributed by atoms with Gasteiger partial charge < -0.3 is 14.2 Å². The summed E-state index contributed by atoms with van der Waals surface area (Å²) in [5.74, 6) is 0.649. The number of aromatic nitrogens is 3. The van der Waals surface area contributed by atoms with Crippen LogP contribution in [0.15, 0.2) is 53.4 Å². The summed E-state index contributed by atoms with van der Waals surface area (Å²) in [5, 5.41) is 12.7. The molecule has 0 bridgehead atoms. The van der Waals surface area contributed by atoms with E-state index < -0.39 is 0 Å². The van der Waals surface area contributed by atoms with Crippen LogP contribution in [0.3, 0.4) is 0 Å². The second-order valence-corrected chi connectivity index (χ2v) is 5.76. The summed E-state index contributed by atoms with van der Waals surface area (Å²) in [4.78, 5) is 22.1. The Morgan fingerprint density at radius 3 is 2.96 bits per heavy atom. The molecular formula is C18H13N5O3. The maximum absolute atomic E-state index is 12.4. The monoisotopic (exact) mass is 347 g/mol. The highest BCUT2D eigenvalue weighted by Gasteiger charge is 2.34. The first-order valence-electron chi connectivity index (χ1n) is 7.92. The van der Waals surface area contributed by atoms with E-state index in [-0.39, 0.29) is 17.7 Å². The normalized spacial score (nSPS) is 13.7. The average molecular weight is 347 g/mol. The molecule has 0 unspecified atom stereocenters. The number of nitriles is 1. The van der Waals surface area contributed by atoms with E-state index in [0.717, 1.165) is 5.56 Å². The van der Waals surface area contributed by atoms with Gasteiger partial charge in [0.05, 0.1) is 24.7 Å². The fraction of sp³-hybridized carbons (Fsp3) is 0.167. The number of pyridine rings is 2. The van der Waals surface area contributed by atoms with Crippen molar-refractivity contribution in [1.29, 1.82) is 5.26 Å². The van der Waals surface area contributed by atoms with E-state index in [1.54, 1.807) is 41.6 Å². The molecule has 0 aliphatic carbocycles. The van der Waals surface area contributed by atoms with E-state index in [1.807, 2.05) is 12.1 Å². The van der Waals surface area contributed by atoms with Crippen LogP contribution in [0, 0.1) is 11.3 Å². The minimum atomic E-state index is -0.220. The first-order chi connectivity index (χ1) is 12.7. The standard InChI is InChI=1S/C18H13N5O3/c19-8-12-3-5-21-17(6-12)25-14-10-23(11-14)18(24)15-7-16(26-22-15)13-2-1-4-20-9-13/h1-7,9,14H,10-11H2. The Hall–Kier alpha value is -3.73. The third-order valence-corrected chi connectivity index (χ3v) is 3.96. The fourth-order valence-corrected chi connectivity index (χ4v) is 2.58. The van der Waals surface area contributed by atoms with E-state index in [0.29, 0.717) is 30.3 Å². The van der Waals surface area contributed by atoms with Crippen LogP contribution >= 0.6 is 0 Å². The quantitative estimate of drug-likeness (QED) is 0.710. The molecule has 1 aliphatic heterocycles. The minimum absolute atomic E-state index is 0.162. The van der Waals surface area contributed by atoms with Crippen molar-refractivity contribution < 1.29 is 14.1 Å². The van der Waals surface area contributed by atoms with E-state index in [9.17, 15) is 4.79 Å². The summed E-state index contributed by atoms with van der Waals surface area (Å²) in [6.45, 7) is 0.846. The topological polar surface area (TPSA) is 105 Å². The smallest absolute Gasteiger partial charge is 0.276 e. The predicted octanol–water partition coefficient (Wildman–Crippen LogP) is 1.91. The lowest BCUT2D eigenvalue weighted by molar-refractivity contribution is 0.0153. The van der Waals surface area contributed by atoms with Crippen molar-refractivity contribution in [3.63, 3.8) is 0 Å². The van der Waals surface area contributed by atoms with Crippen molar-refractivity contribution in [2.75, 3.05) is 13.1 Å². The molecule has 8 heteroatoms. The van der Waals surface area contributed by atoms with Gasteiger partial charge in [0, 0.05) is 36.3 Å². The Labute approximate surface area is 148 Å². The summed E-state index contributed by atoms with van der Waals surface area (Å²) in [7, 11) is 0. The molecule has 0 radical (unpaired) electrons. The molecular weight excluding hydrogens is 334 g/mol. The molecule has 128 valence electrons. The van der Waals surface area contributed by atoms with Gasteiger partial charge in [-0.2, -0.15) is 5.26 Å². The van der Waals surface area contributed by atoms with Crippen molar-refractivity contribution in [2.24, 2.45) is 0 Å². The first-order valence-corrected chi connectivity index (χ1v) is 7.92. The maximum atomic E-state index is 12.4. The summed E-state index contributed by atoms with van der Waals surface area (Å²) >= 11 is 0. The van der Waals surface area contributed by atoms with Gasteiger partial charge in [0.25, 0.3) is 5.91 Å². The number of carbonyl (C=O) groups is 1. The lowest BCUT2D eigenvalue weighted by atomic mass is 10.1. The number of likely N-dealkylation sites (tertiary alicyclic amines) is 1. The second kappa shape index (κ2) is 6.64. The van der Waals surface area contributed by atoms with Crippen molar-refractivity contribution >= 4 is 5.91 Å². The number of ether oxygens (including phenoxy) is 1. The van der Waals surface area contributed by atoms with Gasteiger partial charge in [0.1, 0.15) is 6.10 Å². The Balaban J connectivity index is 1.36. The Morgan fingerprint density at radius 1 is 1.31 bits per heavy atom. The molecule has 0 saturated carbocycles. The second-order valence-electron chi connectivity index (χ2n) is 5.76. The molecule has 3 aromatic rings. The van der Waals surface area contributed by atoms with Gasteiger partial charge in [0.15, 0.2) is 11.5 Å². The zero-order valence-corrected chi connectivity index (χ0v) is 13.6. The SMILES string of the molecule is N#Cc1ccnc(OC2CN(C(=O)c3cc(-c4cccnc4)on3)C2)c1. The van der Waals surface area contributed by atoms with Crippen LogP contribution < -0.4 is 4.74 Å². The van der Waals surface area contributed by atoms with E-state index in [4.69, 9.17) is 14.5 Å². The number of amides is 1. The number of carbonyl (C=O) groups excluding carboxylic acids is 1. The van der Waals surface area contributed by atoms with Crippen molar-refractivity contribution in [2.45, 2.75) is 6.10 Å². The highest BCUT2D eigenvalue weighted by Crippen LogP contribution is 2.22. The van der Waals surface area contributed by atoms with E-state index in [1.165, 1.54) is 6.20 Å². The van der Waals surface area contributed by atoms with Gasteiger partial charge in [-0.1, -0.05) is 5.16 Å². The average Bonchev–Trinajstić information content (AvgIpc) is 3.15. The van der Waals surface area contributed by atoms with Gasteiger partial charge in [-0.3, -0.25) is 9.78 Å². The largest absolute Gasteiger partial charge is 0.471 e. The van der Waals surface area contributed by atoms with Gasteiger partial charge in [0.2, 0.25) is 5.88 Å². The highest BCUT2D eigenvalue weighted by atomic mass is 16.5. The molecule has 0 spiro atoms. The predicted molar refractivity (Wildman–Crippen MR) is 89.0 cm³/mol. The number of hydrogen-bond acceptors (Lipinski definition) is 7. The zero-order valence-electron chi connectivity index (χ0n) is 13.6. The Kier molecular flexibility index (Phi) is 4.03. The highest BCUT2D eigenvalue weighted by molar-refractivity contribution is 5.93. The van der Waals surface area contributed by atoms with Crippen LogP contribution in [0.2, 0.25) is 0 Å². The van der Waals surface area contributed by atoms with Crippen molar-refractivity contribution in [3.05, 3.63) is 60.2 Å². The molecule has 1 fully saturated rings. The van der Waals surface area contributed by atoms with Crippen LogP contribution in [-0.2, 0) is 0 Å². The van der Waals surface area contributed by atoms with Gasteiger partial charge in [-0.15, -0.1) is 0 Å². The van der Waals surface area contributed by atoms with E-state index >= 15 is 0 Å². The summed E-state index contributed by atoms with van der Waals surface area (Å²) < 4.78 is 10.9. The van der Waals surface area contributed by atoms with Gasteiger partial charge in [-0.25, -0.2) is 4.98 Å². The molecule has 8 nitrogen and oxygen atoms in total. The molecule has 26 heavy (non-hydrogen) atoms. The van der Waals surface area contributed by atoms with E-state index in [2.05, 4.69) is 15.1 Å². The fourth-order valence-electron chi connectivity index (χ4n) is 2.58. The molecule has 4 heterocycles. The lowest BCUT2D eigenvalue weighted by Gasteiger charge is -2.38.